The Morgan fingerprint density at radius 1 is 1.50 bits per heavy atom. The second-order valence-electron chi connectivity index (χ2n) is 4.67. The number of hydrogen-bond acceptors (Lipinski definition) is 6. The maximum absolute atomic E-state index is 9.15. The van der Waals surface area contributed by atoms with Crippen LogP contribution in [0.25, 0.3) is 11.2 Å². The van der Waals surface area contributed by atoms with Gasteiger partial charge in [-0.3, -0.25) is 4.57 Å². The van der Waals surface area contributed by atoms with Crippen LogP contribution in [0.3, 0.4) is 0 Å². The standard InChI is InChI=1S/C12H16ClN5O2/c1-2-14-10-9-11(17-12(13)16-10)18(6-15-9)8-4-3-7(5-19)20-8/h6-8,19H,2-5H2,1H3,(H,14,16,17). The van der Waals surface area contributed by atoms with Gasteiger partial charge in [-0.2, -0.15) is 9.97 Å². The van der Waals surface area contributed by atoms with E-state index in [1.165, 1.54) is 0 Å². The normalized spacial score (nSPS) is 22.6. The number of nitrogens with one attached hydrogen (secondary N) is 1. The Kier molecular flexibility index (Phi) is 3.73. The number of fused-ring (bicyclic) bond motifs is 1. The SMILES string of the molecule is CCNc1nc(Cl)nc2c1ncn2C1CCC(CO)O1. The van der Waals surface area contributed by atoms with E-state index in [9.17, 15) is 0 Å². The summed E-state index contributed by atoms with van der Waals surface area (Å²) in [5.74, 6) is 0.623. The van der Waals surface area contributed by atoms with Crippen molar-refractivity contribution in [2.75, 3.05) is 18.5 Å². The molecule has 2 atom stereocenters. The molecule has 8 heteroatoms. The smallest absolute Gasteiger partial charge is 0.226 e. The molecule has 0 amide bonds. The second-order valence-corrected chi connectivity index (χ2v) is 5.01. The summed E-state index contributed by atoms with van der Waals surface area (Å²) in [5, 5.41) is 12.4. The first-order valence-electron chi connectivity index (χ1n) is 6.63. The summed E-state index contributed by atoms with van der Waals surface area (Å²) in [5.41, 5.74) is 1.32. The summed E-state index contributed by atoms with van der Waals surface area (Å²) in [6, 6.07) is 0. The van der Waals surface area contributed by atoms with E-state index in [0.717, 1.165) is 19.4 Å². The minimum Gasteiger partial charge on any atom is -0.394 e. The molecule has 3 rings (SSSR count). The van der Waals surface area contributed by atoms with Crippen LogP contribution < -0.4 is 5.32 Å². The average molecular weight is 298 g/mol. The second kappa shape index (κ2) is 5.51. The highest BCUT2D eigenvalue weighted by Crippen LogP contribution is 2.31. The molecule has 3 heterocycles. The Labute approximate surface area is 121 Å². The Hall–Kier alpha value is -1.44. The van der Waals surface area contributed by atoms with Crippen molar-refractivity contribution in [3.63, 3.8) is 0 Å². The van der Waals surface area contributed by atoms with E-state index in [-0.39, 0.29) is 24.2 Å². The van der Waals surface area contributed by atoms with Gasteiger partial charge in [-0.1, -0.05) is 0 Å². The highest BCUT2D eigenvalue weighted by Gasteiger charge is 2.28. The van der Waals surface area contributed by atoms with Gasteiger partial charge in [-0.05, 0) is 31.4 Å². The fourth-order valence-electron chi connectivity index (χ4n) is 2.42. The number of rotatable bonds is 4. The van der Waals surface area contributed by atoms with Crippen molar-refractivity contribution in [3.05, 3.63) is 11.6 Å². The molecule has 1 aliphatic heterocycles. The summed E-state index contributed by atoms with van der Waals surface area (Å²) in [4.78, 5) is 12.7. The molecular formula is C12H16ClN5O2. The number of nitrogens with zero attached hydrogens (tertiary/aromatic N) is 4. The van der Waals surface area contributed by atoms with E-state index in [2.05, 4.69) is 20.3 Å². The molecule has 1 fully saturated rings. The van der Waals surface area contributed by atoms with Crippen LogP contribution in [-0.4, -0.2) is 43.9 Å². The van der Waals surface area contributed by atoms with Crippen LogP contribution in [0.15, 0.2) is 6.33 Å². The first kappa shape index (κ1) is 13.5. The van der Waals surface area contributed by atoms with Crippen molar-refractivity contribution in [1.82, 2.24) is 19.5 Å². The number of aliphatic hydroxyl groups is 1. The Morgan fingerprint density at radius 2 is 2.35 bits per heavy atom. The van der Waals surface area contributed by atoms with Gasteiger partial charge in [0.15, 0.2) is 17.0 Å². The molecule has 108 valence electrons. The molecule has 0 spiro atoms. The molecule has 0 saturated carbocycles. The number of anilines is 1. The topological polar surface area (TPSA) is 85.1 Å². The molecule has 0 aromatic carbocycles. The van der Waals surface area contributed by atoms with E-state index < -0.39 is 0 Å². The number of aromatic nitrogens is 4. The van der Waals surface area contributed by atoms with Crippen molar-refractivity contribution < 1.29 is 9.84 Å². The third-order valence-electron chi connectivity index (χ3n) is 3.34. The van der Waals surface area contributed by atoms with Gasteiger partial charge in [0, 0.05) is 6.54 Å². The van der Waals surface area contributed by atoms with Gasteiger partial charge in [-0.15, -0.1) is 0 Å². The first-order chi connectivity index (χ1) is 9.72. The lowest BCUT2D eigenvalue weighted by atomic mass is 10.2. The minimum atomic E-state index is -0.169. The van der Waals surface area contributed by atoms with Crippen molar-refractivity contribution in [2.45, 2.75) is 32.1 Å². The molecule has 0 bridgehead atoms. The third kappa shape index (κ3) is 2.32. The van der Waals surface area contributed by atoms with Crippen molar-refractivity contribution in [3.8, 4) is 0 Å². The van der Waals surface area contributed by atoms with E-state index in [1.807, 2.05) is 11.5 Å². The summed E-state index contributed by atoms with van der Waals surface area (Å²) in [7, 11) is 0. The number of imidazole rings is 1. The van der Waals surface area contributed by atoms with Gasteiger partial charge >= 0.3 is 0 Å². The quantitative estimate of drug-likeness (QED) is 0.834. The van der Waals surface area contributed by atoms with Gasteiger partial charge in [0.2, 0.25) is 5.28 Å². The Balaban J connectivity index is 2.00. The largest absolute Gasteiger partial charge is 0.394 e. The molecule has 2 aromatic rings. The number of aliphatic hydroxyl groups excluding tert-OH is 1. The number of ether oxygens (including phenoxy) is 1. The molecule has 2 unspecified atom stereocenters. The van der Waals surface area contributed by atoms with Crippen LogP contribution in [0.5, 0.6) is 0 Å². The van der Waals surface area contributed by atoms with Crippen LogP contribution in [0.2, 0.25) is 5.28 Å². The van der Waals surface area contributed by atoms with Crippen LogP contribution >= 0.6 is 11.6 Å². The van der Waals surface area contributed by atoms with Crippen LogP contribution in [-0.2, 0) is 4.74 Å². The molecule has 0 radical (unpaired) electrons. The molecule has 7 nitrogen and oxygen atoms in total. The summed E-state index contributed by atoms with van der Waals surface area (Å²) in [6.07, 6.45) is 3.02. The zero-order chi connectivity index (χ0) is 14.1. The van der Waals surface area contributed by atoms with Crippen LogP contribution in [0, 0.1) is 0 Å². The van der Waals surface area contributed by atoms with E-state index in [1.54, 1.807) is 6.33 Å². The van der Waals surface area contributed by atoms with Gasteiger partial charge in [0.1, 0.15) is 6.23 Å². The van der Waals surface area contributed by atoms with Gasteiger partial charge < -0.3 is 15.2 Å². The number of halogens is 1. The highest BCUT2D eigenvalue weighted by atomic mass is 35.5. The van der Waals surface area contributed by atoms with Crippen LogP contribution in [0.1, 0.15) is 26.0 Å². The zero-order valence-corrected chi connectivity index (χ0v) is 11.8. The van der Waals surface area contributed by atoms with Gasteiger partial charge in [0.05, 0.1) is 19.0 Å². The fraction of sp³-hybridized carbons (Fsp3) is 0.583. The molecular weight excluding hydrogens is 282 g/mol. The predicted molar refractivity (Wildman–Crippen MR) is 74.7 cm³/mol. The summed E-state index contributed by atoms with van der Waals surface area (Å²) >= 11 is 5.97. The molecule has 2 aromatic heterocycles. The molecule has 0 aliphatic carbocycles. The van der Waals surface area contributed by atoms with E-state index in [4.69, 9.17) is 21.4 Å². The van der Waals surface area contributed by atoms with E-state index in [0.29, 0.717) is 17.0 Å². The average Bonchev–Trinajstić information content (AvgIpc) is 3.04. The lowest BCUT2D eigenvalue weighted by molar-refractivity contribution is -0.0207. The Morgan fingerprint density at radius 3 is 3.05 bits per heavy atom. The predicted octanol–water partition coefficient (Wildman–Crippen LogP) is 1.58. The Bertz CT molecular complexity index is 617. The monoisotopic (exact) mass is 297 g/mol. The van der Waals surface area contributed by atoms with Crippen molar-refractivity contribution >= 4 is 28.6 Å². The van der Waals surface area contributed by atoms with E-state index >= 15 is 0 Å². The number of hydrogen-bond donors (Lipinski definition) is 2. The van der Waals surface area contributed by atoms with Gasteiger partial charge in [0.25, 0.3) is 0 Å². The third-order valence-corrected chi connectivity index (χ3v) is 3.51. The lowest BCUT2D eigenvalue weighted by Gasteiger charge is -2.14. The highest BCUT2D eigenvalue weighted by molar-refractivity contribution is 6.28. The van der Waals surface area contributed by atoms with Crippen LogP contribution in [0.4, 0.5) is 5.82 Å². The maximum atomic E-state index is 9.15. The lowest BCUT2D eigenvalue weighted by Crippen LogP contribution is -2.14. The molecule has 2 N–H and O–H groups in total. The summed E-state index contributed by atoms with van der Waals surface area (Å²) < 4.78 is 7.60. The first-order valence-corrected chi connectivity index (χ1v) is 7.01. The minimum absolute atomic E-state index is 0.0293. The van der Waals surface area contributed by atoms with Crippen molar-refractivity contribution in [1.29, 1.82) is 0 Å². The fourth-order valence-corrected chi connectivity index (χ4v) is 2.58. The zero-order valence-electron chi connectivity index (χ0n) is 11.1. The molecule has 1 saturated heterocycles. The van der Waals surface area contributed by atoms with Crippen molar-refractivity contribution in [2.24, 2.45) is 0 Å². The molecule has 20 heavy (non-hydrogen) atoms. The maximum Gasteiger partial charge on any atom is 0.226 e. The molecule has 1 aliphatic rings. The summed E-state index contributed by atoms with van der Waals surface area (Å²) in [6.45, 7) is 2.73. The van der Waals surface area contributed by atoms with Gasteiger partial charge in [-0.25, -0.2) is 4.98 Å².